The van der Waals surface area contributed by atoms with Gasteiger partial charge in [0.15, 0.2) is 5.69 Å². The van der Waals surface area contributed by atoms with Crippen LogP contribution in [0.1, 0.15) is 42.6 Å². The lowest BCUT2D eigenvalue weighted by Gasteiger charge is -2.09. The van der Waals surface area contributed by atoms with Gasteiger partial charge in [0.25, 0.3) is 5.91 Å². The van der Waals surface area contributed by atoms with E-state index in [9.17, 15) is 9.90 Å². The Morgan fingerprint density at radius 2 is 2.24 bits per heavy atom. The standard InChI is InChI=1S/C13H18N2O2/c16-11-6-3-8-14-12(11)13(17)15-9-7-10-4-1-2-5-10/h3,6,8,10,16H,1-2,4-5,7,9H2,(H,15,17). The molecule has 4 heteroatoms. The highest BCUT2D eigenvalue weighted by Gasteiger charge is 2.16. The number of aromatic hydroxyl groups is 1. The molecular formula is C13H18N2O2. The number of nitrogens with one attached hydrogen (secondary N) is 1. The zero-order valence-electron chi connectivity index (χ0n) is 9.85. The van der Waals surface area contributed by atoms with E-state index in [1.165, 1.54) is 37.9 Å². The lowest BCUT2D eigenvalue weighted by Crippen LogP contribution is -2.26. The second kappa shape index (κ2) is 5.66. The summed E-state index contributed by atoms with van der Waals surface area (Å²) in [4.78, 5) is 15.6. The lowest BCUT2D eigenvalue weighted by molar-refractivity contribution is 0.0943. The largest absolute Gasteiger partial charge is 0.505 e. The Labute approximate surface area is 101 Å². The van der Waals surface area contributed by atoms with Crippen LogP contribution in [0.2, 0.25) is 0 Å². The van der Waals surface area contributed by atoms with E-state index in [0.29, 0.717) is 6.54 Å². The highest BCUT2D eigenvalue weighted by Crippen LogP contribution is 2.26. The van der Waals surface area contributed by atoms with Crippen LogP contribution in [-0.2, 0) is 0 Å². The molecule has 4 nitrogen and oxygen atoms in total. The minimum Gasteiger partial charge on any atom is -0.505 e. The molecule has 1 aliphatic rings. The van der Waals surface area contributed by atoms with Crippen LogP contribution >= 0.6 is 0 Å². The van der Waals surface area contributed by atoms with Gasteiger partial charge in [-0.3, -0.25) is 4.79 Å². The van der Waals surface area contributed by atoms with Crippen molar-refractivity contribution in [3.8, 4) is 5.75 Å². The Balaban J connectivity index is 1.79. The Bertz CT molecular complexity index is 387. The summed E-state index contributed by atoms with van der Waals surface area (Å²) in [5.41, 5.74) is 0.110. The van der Waals surface area contributed by atoms with Gasteiger partial charge in [-0.1, -0.05) is 25.7 Å². The fourth-order valence-electron chi connectivity index (χ4n) is 2.34. The molecule has 2 rings (SSSR count). The average Bonchev–Trinajstić information content (AvgIpc) is 2.82. The van der Waals surface area contributed by atoms with E-state index in [0.717, 1.165) is 12.3 Å². The van der Waals surface area contributed by atoms with Crippen LogP contribution in [-0.4, -0.2) is 22.5 Å². The molecule has 1 fully saturated rings. The maximum absolute atomic E-state index is 11.7. The van der Waals surface area contributed by atoms with Gasteiger partial charge in [0.1, 0.15) is 5.75 Å². The molecule has 0 radical (unpaired) electrons. The first-order valence-corrected chi connectivity index (χ1v) is 6.19. The van der Waals surface area contributed by atoms with Crippen LogP contribution in [0, 0.1) is 5.92 Å². The fourth-order valence-corrected chi connectivity index (χ4v) is 2.34. The normalized spacial score (nSPS) is 16.0. The second-order valence-electron chi connectivity index (χ2n) is 4.57. The maximum atomic E-state index is 11.7. The number of nitrogens with zero attached hydrogens (tertiary/aromatic N) is 1. The van der Waals surface area contributed by atoms with E-state index in [1.807, 2.05) is 0 Å². The first kappa shape index (κ1) is 11.9. The van der Waals surface area contributed by atoms with Crippen LogP contribution in [0.25, 0.3) is 0 Å². The first-order valence-electron chi connectivity index (χ1n) is 6.19. The van der Waals surface area contributed by atoms with E-state index in [-0.39, 0.29) is 17.4 Å². The van der Waals surface area contributed by atoms with Gasteiger partial charge in [0.2, 0.25) is 0 Å². The highest BCUT2D eigenvalue weighted by molar-refractivity contribution is 5.94. The molecule has 2 N–H and O–H groups in total. The van der Waals surface area contributed by atoms with Crippen molar-refractivity contribution in [2.75, 3.05) is 6.54 Å². The molecule has 1 aromatic heterocycles. The van der Waals surface area contributed by atoms with Crippen molar-refractivity contribution in [3.05, 3.63) is 24.0 Å². The third-order valence-electron chi connectivity index (χ3n) is 3.31. The summed E-state index contributed by atoms with van der Waals surface area (Å²) in [5.74, 6) is 0.402. The minimum absolute atomic E-state index is 0.0640. The third kappa shape index (κ3) is 3.19. The summed E-state index contributed by atoms with van der Waals surface area (Å²) in [5, 5.41) is 12.3. The van der Waals surface area contributed by atoms with E-state index in [4.69, 9.17) is 0 Å². The van der Waals surface area contributed by atoms with E-state index < -0.39 is 0 Å². The SMILES string of the molecule is O=C(NCCC1CCCC1)c1ncccc1O. The molecular weight excluding hydrogens is 216 g/mol. The number of aromatic nitrogens is 1. The van der Waals surface area contributed by atoms with E-state index in [1.54, 1.807) is 6.07 Å². The molecule has 1 aromatic rings. The van der Waals surface area contributed by atoms with Gasteiger partial charge in [-0.2, -0.15) is 0 Å². The van der Waals surface area contributed by atoms with Gasteiger partial charge >= 0.3 is 0 Å². The van der Waals surface area contributed by atoms with Crippen molar-refractivity contribution in [1.82, 2.24) is 10.3 Å². The number of carbonyl (C=O) groups excluding carboxylic acids is 1. The van der Waals surface area contributed by atoms with Crippen LogP contribution in [0.4, 0.5) is 0 Å². The molecule has 17 heavy (non-hydrogen) atoms. The van der Waals surface area contributed by atoms with Crippen molar-refractivity contribution >= 4 is 5.91 Å². The third-order valence-corrected chi connectivity index (χ3v) is 3.31. The molecule has 0 atom stereocenters. The number of hydrogen-bond donors (Lipinski definition) is 2. The van der Waals surface area contributed by atoms with Crippen molar-refractivity contribution in [2.24, 2.45) is 5.92 Å². The number of pyridine rings is 1. The van der Waals surface area contributed by atoms with Crippen LogP contribution < -0.4 is 5.32 Å². The number of rotatable bonds is 4. The number of amides is 1. The fraction of sp³-hybridized carbons (Fsp3) is 0.538. The smallest absolute Gasteiger partial charge is 0.273 e. The second-order valence-corrected chi connectivity index (χ2v) is 4.57. The highest BCUT2D eigenvalue weighted by atomic mass is 16.3. The Morgan fingerprint density at radius 1 is 1.47 bits per heavy atom. The molecule has 0 bridgehead atoms. The number of hydrogen-bond acceptors (Lipinski definition) is 3. The topological polar surface area (TPSA) is 62.2 Å². The van der Waals surface area contributed by atoms with Crippen molar-refractivity contribution < 1.29 is 9.90 Å². The van der Waals surface area contributed by atoms with E-state index in [2.05, 4.69) is 10.3 Å². The maximum Gasteiger partial charge on any atom is 0.273 e. The molecule has 1 heterocycles. The van der Waals surface area contributed by atoms with Gasteiger partial charge in [-0.15, -0.1) is 0 Å². The summed E-state index contributed by atoms with van der Waals surface area (Å²) < 4.78 is 0. The molecule has 0 unspecified atom stereocenters. The summed E-state index contributed by atoms with van der Waals surface area (Å²) in [6, 6.07) is 3.07. The molecule has 1 aliphatic carbocycles. The molecule has 0 spiro atoms. The first-order chi connectivity index (χ1) is 8.27. The van der Waals surface area contributed by atoms with Gasteiger partial charge in [-0.05, 0) is 24.5 Å². The van der Waals surface area contributed by atoms with E-state index >= 15 is 0 Å². The Morgan fingerprint density at radius 3 is 2.94 bits per heavy atom. The van der Waals surface area contributed by atoms with Crippen molar-refractivity contribution in [3.63, 3.8) is 0 Å². The molecule has 0 saturated heterocycles. The predicted octanol–water partition coefficient (Wildman–Crippen LogP) is 2.10. The molecule has 0 aliphatic heterocycles. The van der Waals surface area contributed by atoms with Crippen LogP contribution in [0.15, 0.2) is 18.3 Å². The van der Waals surface area contributed by atoms with Crippen molar-refractivity contribution in [1.29, 1.82) is 0 Å². The number of carbonyl (C=O) groups is 1. The molecule has 1 amide bonds. The van der Waals surface area contributed by atoms with Crippen LogP contribution in [0.3, 0.4) is 0 Å². The van der Waals surface area contributed by atoms with Gasteiger partial charge in [0, 0.05) is 12.7 Å². The van der Waals surface area contributed by atoms with Crippen molar-refractivity contribution in [2.45, 2.75) is 32.1 Å². The zero-order chi connectivity index (χ0) is 12.1. The zero-order valence-corrected chi connectivity index (χ0v) is 9.85. The quantitative estimate of drug-likeness (QED) is 0.838. The van der Waals surface area contributed by atoms with Gasteiger partial charge < -0.3 is 10.4 Å². The Kier molecular flexibility index (Phi) is 3.96. The Hall–Kier alpha value is -1.58. The summed E-state index contributed by atoms with van der Waals surface area (Å²) in [6.45, 7) is 0.666. The molecule has 1 saturated carbocycles. The summed E-state index contributed by atoms with van der Waals surface area (Å²) >= 11 is 0. The monoisotopic (exact) mass is 234 g/mol. The predicted molar refractivity (Wildman–Crippen MR) is 64.8 cm³/mol. The summed E-state index contributed by atoms with van der Waals surface area (Å²) in [7, 11) is 0. The molecule has 92 valence electrons. The van der Waals surface area contributed by atoms with Gasteiger partial charge in [0.05, 0.1) is 0 Å². The minimum atomic E-state index is -0.291. The average molecular weight is 234 g/mol. The van der Waals surface area contributed by atoms with Crippen LogP contribution in [0.5, 0.6) is 5.75 Å². The van der Waals surface area contributed by atoms with Gasteiger partial charge in [-0.25, -0.2) is 4.98 Å². The lowest BCUT2D eigenvalue weighted by atomic mass is 10.0. The molecule has 0 aromatic carbocycles. The summed E-state index contributed by atoms with van der Waals surface area (Å²) in [6.07, 6.45) is 7.74.